The van der Waals surface area contributed by atoms with Crippen molar-refractivity contribution in [2.75, 3.05) is 0 Å². The van der Waals surface area contributed by atoms with Gasteiger partial charge in [-0.25, -0.2) is 0 Å². The van der Waals surface area contributed by atoms with Crippen LogP contribution in [0.3, 0.4) is 0 Å². The number of rotatable bonds is 2. The SMILES string of the molecule is N=CCc1csc2ccccc12. The fourth-order valence-electron chi connectivity index (χ4n) is 1.30. The highest BCUT2D eigenvalue weighted by Crippen LogP contribution is 2.25. The van der Waals surface area contributed by atoms with Gasteiger partial charge < -0.3 is 5.41 Å². The van der Waals surface area contributed by atoms with Gasteiger partial charge in [-0.3, -0.25) is 0 Å². The van der Waals surface area contributed by atoms with E-state index in [4.69, 9.17) is 5.41 Å². The summed E-state index contributed by atoms with van der Waals surface area (Å²) in [5.74, 6) is 0. The van der Waals surface area contributed by atoms with Gasteiger partial charge in [0.15, 0.2) is 0 Å². The molecule has 0 amide bonds. The Hall–Kier alpha value is -1.15. The number of nitrogens with one attached hydrogen (secondary N) is 1. The summed E-state index contributed by atoms with van der Waals surface area (Å²) in [5.41, 5.74) is 1.27. The molecule has 1 aromatic carbocycles. The molecule has 0 bridgehead atoms. The zero-order chi connectivity index (χ0) is 8.39. The Morgan fingerprint density at radius 1 is 1.33 bits per heavy atom. The van der Waals surface area contributed by atoms with Crippen LogP contribution in [0.15, 0.2) is 29.6 Å². The fourth-order valence-corrected chi connectivity index (χ4v) is 2.28. The van der Waals surface area contributed by atoms with E-state index < -0.39 is 0 Å². The average molecular weight is 175 g/mol. The van der Waals surface area contributed by atoms with Gasteiger partial charge in [-0.1, -0.05) is 18.2 Å². The van der Waals surface area contributed by atoms with Crippen molar-refractivity contribution in [2.24, 2.45) is 0 Å². The first kappa shape index (κ1) is 7.50. The number of benzene rings is 1. The Morgan fingerprint density at radius 3 is 3.00 bits per heavy atom. The molecule has 1 N–H and O–H groups in total. The Bertz CT molecular complexity index is 403. The second-order valence-corrected chi connectivity index (χ2v) is 3.58. The summed E-state index contributed by atoms with van der Waals surface area (Å²) in [4.78, 5) is 0. The Kier molecular flexibility index (Phi) is 1.92. The third kappa shape index (κ3) is 1.14. The molecule has 0 aliphatic rings. The van der Waals surface area contributed by atoms with Gasteiger partial charge in [-0.15, -0.1) is 11.3 Å². The largest absolute Gasteiger partial charge is 0.313 e. The first-order valence-corrected chi connectivity index (χ1v) is 4.74. The standard InChI is InChI=1S/C10H9NS/c11-6-5-8-7-12-10-4-2-1-3-9(8)10/h1-4,6-7,11H,5H2. The second kappa shape index (κ2) is 3.07. The lowest BCUT2D eigenvalue weighted by atomic mass is 10.1. The first-order valence-electron chi connectivity index (χ1n) is 3.86. The molecule has 0 saturated heterocycles. The highest BCUT2D eigenvalue weighted by atomic mass is 32.1. The normalized spacial score (nSPS) is 10.3. The van der Waals surface area contributed by atoms with Crippen LogP contribution >= 0.6 is 11.3 Å². The molecular weight excluding hydrogens is 166 g/mol. The minimum Gasteiger partial charge on any atom is -0.313 e. The van der Waals surface area contributed by atoms with Gasteiger partial charge >= 0.3 is 0 Å². The number of fused-ring (bicyclic) bond motifs is 1. The van der Waals surface area contributed by atoms with Crippen molar-refractivity contribution in [1.82, 2.24) is 0 Å². The monoisotopic (exact) mass is 175 g/mol. The van der Waals surface area contributed by atoms with Crippen LogP contribution in [-0.2, 0) is 6.42 Å². The molecule has 0 radical (unpaired) electrons. The number of hydrogen-bond donors (Lipinski definition) is 1. The minimum atomic E-state index is 0.754. The number of thiophene rings is 1. The smallest absolute Gasteiger partial charge is 0.0345 e. The van der Waals surface area contributed by atoms with Crippen LogP contribution in [0, 0.1) is 5.41 Å². The van der Waals surface area contributed by atoms with Gasteiger partial charge in [0.1, 0.15) is 0 Å². The maximum absolute atomic E-state index is 7.03. The fraction of sp³-hybridized carbons (Fsp3) is 0.100. The summed E-state index contributed by atoms with van der Waals surface area (Å²) in [6.07, 6.45) is 2.21. The van der Waals surface area contributed by atoms with Gasteiger partial charge in [-0.05, 0) is 28.6 Å². The molecule has 1 heterocycles. The maximum atomic E-state index is 7.03. The molecular formula is C10H9NS. The molecule has 0 fully saturated rings. The van der Waals surface area contributed by atoms with Crippen LogP contribution in [0.5, 0.6) is 0 Å². The molecule has 0 atom stereocenters. The maximum Gasteiger partial charge on any atom is 0.0345 e. The molecule has 0 aliphatic carbocycles. The predicted octanol–water partition coefficient (Wildman–Crippen LogP) is 3.09. The van der Waals surface area contributed by atoms with Crippen molar-refractivity contribution in [2.45, 2.75) is 6.42 Å². The average Bonchev–Trinajstić information content (AvgIpc) is 2.50. The van der Waals surface area contributed by atoms with Gasteiger partial charge in [0.05, 0.1) is 0 Å². The van der Waals surface area contributed by atoms with Crippen LogP contribution in [0.2, 0.25) is 0 Å². The molecule has 2 aromatic rings. The highest BCUT2D eigenvalue weighted by molar-refractivity contribution is 7.17. The molecule has 60 valence electrons. The quantitative estimate of drug-likeness (QED) is 0.678. The summed E-state index contributed by atoms with van der Waals surface area (Å²) in [6, 6.07) is 8.33. The van der Waals surface area contributed by atoms with Crippen LogP contribution in [-0.4, -0.2) is 6.21 Å². The van der Waals surface area contributed by atoms with E-state index in [1.807, 2.05) is 12.1 Å². The van der Waals surface area contributed by atoms with Crippen LogP contribution in [0.1, 0.15) is 5.56 Å². The molecule has 2 heteroatoms. The van der Waals surface area contributed by atoms with Crippen molar-refractivity contribution in [3.05, 3.63) is 35.2 Å². The van der Waals surface area contributed by atoms with E-state index in [-0.39, 0.29) is 0 Å². The molecule has 0 aliphatic heterocycles. The van der Waals surface area contributed by atoms with Gasteiger partial charge in [0.2, 0.25) is 0 Å². The Labute approximate surface area is 75.2 Å². The molecule has 12 heavy (non-hydrogen) atoms. The summed E-state index contributed by atoms with van der Waals surface area (Å²) < 4.78 is 1.31. The van der Waals surface area contributed by atoms with Crippen molar-refractivity contribution < 1.29 is 0 Å². The number of hydrogen-bond acceptors (Lipinski definition) is 2. The third-order valence-electron chi connectivity index (χ3n) is 1.88. The molecule has 0 saturated carbocycles. The van der Waals surface area contributed by atoms with Gasteiger partial charge in [0, 0.05) is 11.1 Å². The van der Waals surface area contributed by atoms with Crippen LogP contribution < -0.4 is 0 Å². The molecule has 1 aromatic heterocycles. The van der Waals surface area contributed by atoms with Crippen molar-refractivity contribution in [3.8, 4) is 0 Å². The lowest BCUT2D eigenvalue weighted by Crippen LogP contribution is -1.80. The lowest BCUT2D eigenvalue weighted by molar-refractivity contribution is 1.38. The van der Waals surface area contributed by atoms with E-state index in [0.29, 0.717) is 0 Å². The van der Waals surface area contributed by atoms with E-state index in [1.54, 1.807) is 11.3 Å². The van der Waals surface area contributed by atoms with E-state index in [9.17, 15) is 0 Å². The van der Waals surface area contributed by atoms with Crippen LogP contribution in [0.4, 0.5) is 0 Å². The molecule has 0 unspecified atom stereocenters. The first-order chi connectivity index (χ1) is 5.92. The van der Waals surface area contributed by atoms with Crippen molar-refractivity contribution in [1.29, 1.82) is 5.41 Å². The van der Waals surface area contributed by atoms with Gasteiger partial charge in [0.25, 0.3) is 0 Å². The summed E-state index contributed by atoms with van der Waals surface area (Å²) in [7, 11) is 0. The molecule has 0 spiro atoms. The summed E-state index contributed by atoms with van der Waals surface area (Å²) in [5, 5.41) is 10.5. The summed E-state index contributed by atoms with van der Waals surface area (Å²) in [6.45, 7) is 0. The molecule has 2 rings (SSSR count). The van der Waals surface area contributed by atoms with Gasteiger partial charge in [-0.2, -0.15) is 0 Å². The lowest BCUT2D eigenvalue weighted by Gasteiger charge is -1.91. The molecule has 1 nitrogen and oxygen atoms in total. The van der Waals surface area contributed by atoms with E-state index >= 15 is 0 Å². The topological polar surface area (TPSA) is 23.9 Å². The zero-order valence-electron chi connectivity index (χ0n) is 6.58. The van der Waals surface area contributed by atoms with E-state index in [1.165, 1.54) is 21.9 Å². The Morgan fingerprint density at radius 2 is 2.17 bits per heavy atom. The predicted molar refractivity (Wildman–Crippen MR) is 54.3 cm³/mol. The van der Waals surface area contributed by atoms with Crippen molar-refractivity contribution in [3.63, 3.8) is 0 Å². The highest BCUT2D eigenvalue weighted by Gasteiger charge is 2.00. The Balaban J connectivity index is 2.62. The minimum absolute atomic E-state index is 0.754. The van der Waals surface area contributed by atoms with E-state index in [0.717, 1.165) is 6.42 Å². The third-order valence-corrected chi connectivity index (χ3v) is 2.90. The second-order valence-electron chi connectivity index (χ2n) is 2.67. The summed E-state index contributed by atoms with van der Waals surface area (Å²) >= 11 is 1.75. The van der Waals surface area contributed by atoms with E-state index in [2.05, 4.69) is 17.5 Å². The zero-order valence-corrected chi connectivity index (χ0v) is 7.40. The van der Waals surface area contributed by atoms with Crippen molar-refractivity contribution >= 4 is 27.6 Å². The van der Waals surface area contributed by atoms with Crippen LogP contribution in [0.25, 0.3) is 10.1 Å².